The van der Waals surface area contributed by atoms with Gasteiger partial charge in [-0.3, -0.25) is 0 Å². The van der Waals surface area contributed by atoms with E-state index in [1.807, 2.05) is 18.2 Å². The maximum atomic E-state index is 6.26. The highest BCUT2D eigenvalue weighted by Crippen LogP contribution is 2.29. The maximum absolute atomic E-state index is 6.26. The number of rotatable bonds is 4. The fourth-order valence-electron chi connectivity index (χ4n) is 3.15. The van der Waals surface area contributed by atoms with Gasteiger partial charge < -0.3 is 5.32 Å². The van der Waals surface area contributed by atoms with E-state index in [9.17, 15) is 0 Å². The molecule has 1 aliphatic carbocycles. The van der Waals surface area contributed by atoms with E-state index in [4.69, 9.17) is 23.2 Å². The number of halogens is 2. The molecule has 0 saturated carbocycles. The Kier molecular flexibility index (Phi) is 5.54. The summed E-state index contributed by atoms with van der Waals surface area (Å²) in [5, 5.41) is 5.04. The topological polar surface area (TPSA) is 12.0 Å². The van der Waals surface area contributed by atoms with Crippen molar-refractivity contribution in [1.82, 2.24) is 5.32 Å². The molecule has 0 radical (unpaired) electrons. The molecule has 1 aliphatic rings. The third-order valence-corrected chi connectivity index (χ3v) is 4.59. The van der Waals surface area contributed by atoms with E-state index in [1.54, 1.807) is 0 Å². The van der Waals surface area contributed by atoms with Gasteiger partial charge in [-0.25, -0.2) is 0 Å². The molecular formula is C17H23Cl2N. The van der Waals surface area contributed by atoms with E-state index in [1.165, 1.54) is 18.4 Å². The summed E-state index contributed by atoms with van der Waals surface area (Å²) in [6.07, 6.45) is 4.87. The molecule has 110 valence electrons. The molecule has 0 amide bonds. The molecule has 1 N–H and O–H groups in total. The van der Waals surface area contributed by atoms with E-state index in [0.717, 1.165) is 23.0 Å². The summed E-state index contributed by atoms with van der Waals surface area (Å²) in [5.74, 6) is 1.42. The number of hydrogen-bond donors (Lipinski definition) is 1. The smallest absolute Gasteiger partial charge is 0.0468 e. The lowest BCUT2D eigenvalue weighted by molar-refractivity contribution is 0.367. The normalized spacial score (nSPS) is 24.4. The Morgan fingerprint density at radius 3 is 2.75 bits per heavy atom. The van der Waals surface area contributed by atoms with Gasteiger partial charge in [0.05, 0.1) is 0 Å². The van der Waals surface area contributed by atoms with Crippen molar-refractivity contribution in [3.8, 4) is 0 Å². The first-order valence-corrected chi connectivity index (χ1v) is 8.07. The van der Waals surface area contributed by atoms with Gasteiger partial charge >= 0.3 is 0 Å². The first-order chi connectivity index (χ1) is 9.45. The van der Waals surface area contributed by atoms with Crippen LogP contribution in [0.5, 0.6) is 0 Å². The molecule has 3 heteroatoms. The van der Waals surface area contributed by atoms with Crippen molar-refractivity contribution in [2.45, 2.75) is 39.7 Å². The molecule has 0 spiro atoms. The van der Waals surface area contributed by atoms with Crippen LogP contribution in [0.15, 0.2) is 29.8 Å². The average molecular weight is 312 g/mol. The van der Waals surface area contributed by atoms with Crippen LogP contribution in [0.3, 0.4) is 0 Å². The van der Waals surface area contributed by atoms with Gasteiger partial charge in [-0.05, 0) is 62.8 Å². The molecule has 1 nitrogen and oxygen atoms in total. The highest BCUT2D eigenvalue weighted by Gasteiger charge is 2.19. The summed E-state index contributed by atoms with van der Waals surface area (Å²) in [7, 11) is 0. The molecule has 3 unspecified atom stereocenters. The third kappa shape index (κ3) is 4.25. The van der Waals surface area contributed by atoms with Crippen LogP contribution in [0.2, 0.25) is 10.0 Å². The van der Waals surface area contributed by atoms with Crippen molar-refractivity contribution in [3.63, 3.8) is 0 Å². The zero-order valence-corrected chi connectivity index (χ0v) is 13.9. The molecule has 0 bridgehead atoms. The van der Waals surface area contributed by atoms with Gasteiger partial charge in [0, 0.05) is 16.1 Å². The predicted octanol–water partition coefficient (Wildman–Crippen LogP) is 5.64. The Morgan fingerprint density at radius 1 is 1.35 bits per heavy atom. The summed E-state index contributed by atoms with van der Waals surface area (Å²) in [5.41, 5.74) is 2.64. The lowest BCUT2D eigenvalue weighted by Gasteiger charge is -2.27. The lowest BCUT2D eigenvalue weighted by atomic mass is 9.83. The minimum Gasteiger partial charge on any atom is -0.310 e. The first-order valence-electron chi connectivity index (χ1n) is 7.31. The molecule has 0 fully saturated rings. The number of benzene rings is 1. The van der Waals surface area contributed by atoms with Crippen LogP contribution >= 0.6 is 23.2 Å². The highest BCUT2D eigenvalue weighted by molar-refractivity contribution is 6.35. The fraction of sp³-hybridized carbons (Fsp3) is 0.529. The van der Waals surface area contributed by atoms with E-state index in [-0.39, 0.29) is 6.04 Å². The van der Waals surface area contributed by atoms with Gasteiger partial charge in [0.25, 0.3) is 0 Å². The van der Waals surface area contributed by atoms with Gasteiger partial charge in [0.15, 0.2) is 0 Å². The Morgan fingerprint density at radius 2 is 2.10 bits per heavy atom. The second kappa shape index (κ2) is 6.98. The van der Waals surface area contributed by atoms with Crippen LogP contribution in [0, 0.1) is 11.8 Å². The number of allylic oxidation sites excluding steroid dienone is 2. The Balaban J connectivity index is 1.92. The monoisotopic (exact) mass is 311 g/mol. The van der Waals surface area contributed by atoms with Crippen molar-refractivity contribution in [2.24, 2.45) is 11.8 Å². The van der Waals surface area contributed by atoms with E-state index < -0.39 is 0 Å². The van der Waals surface area contributed by atoms with Crippen molar-refractivity contribution >= 4 is 23.2 Å². The zero-order valence-electron chi connectivity index (χ0n) is 12.4. The average Bonchev–Trinajstić information content (AvgIpc) is 2.35. The molecule has 1 aromatic carbocycles. The second-order valence-electron chi connectivity index (χ2n) is 6.09. The Bertz CT molecular complexity index is 496. The zero-order chi connectivity index (χ0) is 14.7. The van der Waals surface area contributed by atoms with Gasteiger partial charge in [-0.1, -0.05) is 47.8 Å². The van der Waals surface area contributed by atoms with Crippen molar-refractivity contribution < 1.29 is 0 Å². The lowest BCUT2D eigenvalue weighted by Crippen LogP contribution is -2.28. The molecule has 0 saturated heterocycles. The third-order valence-electron chi connectivity index (χ3n) is 4.03. The van der Waals surface area contributed by atoms with Crippen molar-refractivity contribution in [1.29, 1.82) is 0 Å². The summed E-state index contributed by atoms with van der Waals surface area (Å²) < 4.78 is 0. The number of nitrogens with one attached hydrogen (secondary N) is 1. The molecule has 0 heterocycles. The molecule has 2 rings (SSSR count). The van der Waals surface area contributed by atoms with Crippen molar-refractivity contribution in [2.75, 3.05) is 6.54 Å². The Labute approximate surface area is 132 Å². The van der Waals surface area contributed by atoms with Gasteiger partial charge in [0.1, 0.15) is 0 Å². The summed E-state index contributed by atoms with van der Waals surface area (Å²) >= 11 is 12.2. The van der Waals surface area contributed by atoms with E-state index >= 15 is 0 Å². The predicted molar refractivity (Wildman–Crippen MR) is 88.5 cm³/mol. The molecule has 20 heavy (non-hydrogen) atoms. The SMILES string of the molecule is CC1=CC(C)CC(CNC(C)c2ccc(Cl)cc2Cl)C1. The van der Waals surface area contributed by atoms with Gasteiger partial charge in [0.2, 0.25) is 0 Å². The number of hydrogen-bond acceptors (Lipinski definition) is 1. The van der Waals surface area contributed by atoms with Crippen LogP contribution in [0.4, 0.5) is 0 Å². The van der Waals surface area contributed by atoms with Gasteiger partial charge in [-0.15, -0.1) is 0 Å². The second-order valence-corrected chi connectivity index (χ2v) is 6.94. The van der Waals surface area contributed by atoms with Crippen LogP contribution in [0.1, 0.15) is 45.2 Å². The molecule has 0 aromatic heterocycles. The molecular weight excluding hydrogens is 289 g/mol. The first kappa shape index (κ1) is 15.9. The quantitative estimate of drug-likeness (QED) is 0.710. The van der Waals surface area contributed by atoms with E-state index in [2.05, 4.69) is 32.2 Å². The van der Waals surface area contributed by atoms with Crippen molar-refractivity contribution in [3.05, 3.63) is 45.5 Å². The maximum Gasteiger partial charge on any atom is 0.0468 e. The minimum atomic E-state index is 0.251. The van der Waals surface area contributed by atoms with Crippen LogP contribution in [0.25, 0.3) is 0 Å². The highest BCUT2D eigenvalue weighted by atomic mass is 35.5. The summed E-state index contributed by atoms with van der Waals surface area (Å²) in [6, 6.07) is 5.97. The van der Waals surface area contributed by atoms with E-state index in [0.29, 0.717) is 10.9 Å². The molecule has 0 aliphatic heterocycles. The molecule has 3 atom stereocenters. The van der Waals surface area contributed by atoms with Crippen LogP contribution < -0.4 is 5.32 Å². The minimum absolute atomic E-state index is 0.251. The summed E-state index contributed by atoms with van der Waals surface area (Å²) in [6.45, 7) is 7.73. The molecule has 1 aromatic rings. The summed E-state index contributed by atoms with van der Waals surface area (Å²) in [4.78, 5) is 0. The fourth-order valence-corrected chi connectivity index (χ4v) is 3.72. The Hall–Kier alpha value is -0.500. The van der Waals surface area contributed by atoms with Crippen LogP contribution in [-0.4, -0.2) is 6.54 Å². The van der Waals surface area contributed by atoms with Gasteiger partial charge in [-0.2, -0.15) is 0 Å². The van der Waals surface area contributed by atoms with Crippen LogP contribution in [-0.2, 0) is 0 Å². The largest absolute Gasteiger partial charge is 0.310 e. The standard InChI is InChI=1S/C17H23Cl2N/c1-11-6-12(2)8-14(7-11)10-20-13(3)16-5-4-15(18)9-17(16)19/h4-6,9,11,13-14,20H,7-8,10H2,1-3H3.